The molecule has 2 unspecified atom stereocenters. The van der Waals surface area contributed by atoms with Gasteiger partial charge < -0.3 is 5.32 Å². The Labute approximate surface area is 116 Å². The van der Waals surface area contributed by atoms with Crippen molar-refractivity contribution in [2.24, 2.45) is 5.92 Å². The van der Waals surface area contributed by atoms with E-state index in [1.165, 1.54) is 19.3 Å². The van der Waals surface area contributed by atoms with Gasteiger partial charge in [-0.25, -0.2) is 4.98 Å². The molecule has 1 aliphatic carbocycles. The number of hydrogen-bond acceptors (Lipinski definition) is 2. The van der Waals surface area contributed by atoms with Crippen LogP contribution >= 0.6 is 27.5 Å². The lowest BCUT2D eigenvalue weighted by Gasteiger charge is -2.25. The van der Waals surface area contributed by atoms with Crippen molar-refractivity contribution in [3.8, 4) is 0 Å². The monoisotopic (exact) mass is 316 g/mol. The molecule has 17 heavy (non-hydrogen) atoms. The maximum atomic E-state index is 6.19. The Kier molecular flexibility index (Phi) is 4.69. The Hall–Kier alpha value is -0.280. The number of alkyl halides is 1. The molecule has 2 atom stereocenters. The van der Waals surface area contributed by atoms with Crippen LogP contribution in [0.2, 0.25) is 0 Å². The first-order chi connectivity index (χ1) is 8.15. The van der Waals surface area contributed by atoms with E-state index in [1.54, 1.807) is 0 Å². The van der Waals surface area contributed by atoms with Gasteiger partial charge in [-0.1, -0.05) is 6.42 Å². The Morgan fingerprint density at radius 2 is 2.29 bits per heavy atom. The minimum atomic E-state index is 0.371. The summed E-state index contributed by atoms with van der Waals surface area (Å²) in [6.45, 7) is 2.99. The smallest absolute Gasteiger partial charge is 0.126 e. The van der Waals surface area contributed by atoms with E-state index in [2.05, 4.69) is 26.2 Å². The molecule has 1 aromatic heterocycles. The fourth-order valence-corrected chi connectivity index (χ4v) is 2.93. The second kappa shape index (κ2) is 6.05. The van der Waals surface area contributed by atoms with Crippen LogP contribution in [0.15, 0.2) is 16.6 Å². The molecule has 0 radical (unpaired) electrons. The van der Waals surface area contributed by atoms with Crippen LogP contribution in [0.5, 0.6) is 0 Å². The van der Waals surface area contributed by atoms with E-state index in [9.17, 15) is 0 Å². The van der Waals surface area contributed by atoms with Crippen molar-refractivity contribution in [3.05, 3.63) is 22.3 Å². The van der Waals surface area contributed by atoms with Gasteiger partial charge in [0, 0.05) is 16.4 Å². The summed E-state index contributed by atoms with van der Waals surface area (Å²) in [5, 5.41) is 3.78. The van der Waals surface area contributed by atoms with E-state index in [0.717, 1.165) is 29.0 Å². The average Bonchev–Trinajstić information content (AvgIpc) is 2.31. The molecule has 0 aromatic carbocycles. The molecule has 4 heteroatoms. The average molecular weight is 318 g/mol. The third-order valence-corrected chi connectivity index (χ3v) is 4.55. The van der Waals surface area contributed by atoms with Crippen LogP contribution in [-0.4, -0.2) is 16.9 Å². The first-order valence-electron chi connectivity index (χ1n) is 6.16. The Morgan fingerprint density at radius 3 is 3.00 bits per heavy atom. The van der Waals surface area contributed by atoms with Gasteiger partial charge in [-0.05, 0) is 60.2 Å². The van der Waals surface area contributed by atoms with Gasteiger partial charge in [0.05, 0.1) is 5.69 Å². The van der Waals surface area contributed by atoms with Crippen LogP contribution in [-0.2, 0) is 0 Å². The summed E-state index contributed by atoms with van der Waals surface area (Å²) in [6.07, 6.45) is 4.84. The van der Waals surface area contributed by atoms with Gasteiger partial charge in [0.1, 0.15) is 5.82 Å². The maximum absolute atomic E-state index is 6.19. The highest BCUT2D eigenvalue weighted by Gasteiger charge is 2.19. The molecule has 1 N–H and O–H groups in total. The lowest BCUT2D eigenvalue weighted by Crippen LogP contribution is -2.22. The summed E-state index contributed by atoms with van der Waals surface area (Å²) in [5.41, 5.74) is 1.02. The van der Waals surface area contributed by atoms with Gasteiger partial charge in [0.15, 0.2) is 0 Å². The highest BCUT2D eigenvalue weighted by molar-refractivity contribution is 9.10. The summed E-state index contributed by atoms with van der Waals surface area (Å²) < 4.78 is 1.06. The summed E-state index contributed by atoms with van der Waals surface area (Å²) in [5.74, 6) is 1.65. The molecule has 0 saturated heterocycles. The standard InChI is InChI=1S/C13H18BrClN2/c1-9-12(14)5-6-13(17-9)16-8-10-3-2-4-11(15)7-10/h5-6,10-11H,2-4,7-8H2,1H3,(H,16,17). The minimum absolute atomic E-state index is 0.371. The zero-order valence-electron chi connectivity index (χ0n) is 10.0. The first-order valence-corrected chi connectivity index (χ1v) is 7.39. The molecule has 0 spiro atoms. The van der Waals surface area contributed by atoms with Gasteiger partial charge in [-0.3, -0.25) is 0 Å². The maximum Gasteiger partial charge on any atom is 0.126 e. The molecule has 1 heterocycles. The van der Waals surface area contributed by atoms with Crippen LogP contribution < -0.4 is 5.32 Å². The van der Waals surface area contributed by atoms with Crippen molar-refractivity contribution in [2.75, 3.05) is 11.9 Å². The topological polar surface area (TPSA) is 24.9 Å². The van der Waals surface area contributed by atoms with Gasteiger partial charge in [-0.15, -0.1) is 11.6 Å². The van der Waals surface area contributed by atoms with E-state index in [-0.39, 0.29) is 0 Å². The molecular formula is C13H18BrClN2. The largest absolute Gasteiger partial charge is 0.370 e. The van der Waals surface area contributed by atoms with Gasteiger partial charge in [-0.2, -0.15) is 0 Å². The fraction of sp³-hybridized carbons (Fsp3) is 0.615. The zero-order valence-corrected chi connectivity index (χ0v) is 12.4. The minimum Gasteiger partial charge on any atom is -0.370 e. The van der Waals surface area contributed by atoms with Crippen LogP contribution in [0.1, 0.15) is 31.4 Å². The molecule has 1 aliphatic rings. The van der Waals surface area contributed by atoms with E-state index < -0.39 is 0 Å². The Morgan fingerprint density at radius 1 is 1.47 bits per heavy atom. The molecule has 0 bridgehead atoms. The predicted octanol–water partition coefficient (Wildman–Crippen LogP) is 4.36. The van der Waals surface area contributed by atoms with Gasteiger partial charge >= 0.3 is 0 Å². The third-order valence-electron chi connectivity index (χ3n) is 3.31. The number of pyridine rings is 1. The molecular weight excluding hydrogens is 300 g/mol. The molecule has 0 aliphatic heterocycles. The summed E-state index contributed by atoms with van der Waals surface area (Å²) in [6, 6.07) is 4.05. The Balaban J connectivity index is 1.86. The molecule has 1 saturated carbocycles. The number of hydrogen-bond donors (Lipinski definition) is 1. The fourth-order valence-electron chi connectivity index (χ4n) is 2.30. The summed E-state index contributed by atoms with van der Waals surface area (Å²) >= 11 is 9.65. The Bertz CT molecular complexity index is 384. The van der Waals surface area contributed by atoms with E-state index in [1.807, 2.05) is 19.1 Å². The zero-order chi connectivity index (χ0) is 12.3. The van der Waals surface area contributed by atoms with Gasteiger partial charge in [0.25, 0.3) is 0 Å². The quantitative estimate of drug-likeness (QED) is 0.838. The van der Waals surface area contributed by atoms with E-state index in [4.69, 9.17) is 11.6 Å². The lowest BCUT2D eigenvalue weighted by atomic mass is 9.89. The van der Waals surface area contributed by atoms with Crippen LogP contribution in [0, 0.1) is 12.8 Å². The molecule has 2 rings (SSSR count). The van der Waals surface area contributed by atoms with E-state index in [0.29, 0.717) is 11.3 Å². The molecule has 94 valence electrons. The number of anilines is 1. The number of aromatic nitrogens is 1. The SMILES string of the molecule is Cc1nc(NCC2CCCC(Cl)C2)ccc1Br. The summed E-state index contributed by atoms with van der Waals surface area (Å²) in [4.78, 5) is 4.49. The van der Waals surface area contributed by atoms with Crippen molar-refractivity contribution in [1.29, 1.82) is 0 Å². The highest BCUT2D eigenvalue weighted by atomic mass is 79.9. The number of nitrogens with one attached hydrogen (secondary N) is 1. The van der Waals surface area contributed by atoms with Crippen molar-refractivity contribution in [1.82, 2.24) is 4.98 Å². The van der Waals surface area contributed by atoms with Crippen LogP contribution in [0.3, 0.4) is 0 Å². The molecule has 0 amide bonds. The second-order valence-electron chi connectivity index (χ2n) is 4.77. The van der Waals surface area contributed by atoms with Crippen molar-refractivity contribution >= 4 is 33.3 Å². The molecule has 1 aromatic rings. The van der Waals surface area contributed by atoms with Crippen LogP contribution in [0.4, 0.5) is 5.82 Å². The second-order valence-corrected chi connectivity index (χ2v) is 6.25. The molecule has 2 nitrogen and oxygen atoms in total. The molecule has 1 fully saturated rings. The summed E-state index contributed by atoms with van der Waals surface area (Å²) in [7, 11) is 0. The van der Waals surface area contributed by atoms with Gasteiger partial charge in [0.2, 0.25) is 0 Å². The number of nitrogens with zero attached hydrogens (tertiary/aromatic N) is 1. The normalized spacial score (nSPS) is 24.6. The lowest BCUT2D eigenvalue weighted by molar-refractivity contribution is 0.378. The van der Waals surface area contributed by atoms with E-state index >= 15 is 0 Å². The third kappa shape index (κ3) is 3.85. The predicted molar refractivity (Wildman–Crippen MR) is 76.8 cm³/mol. The first kappa shape index (κ1) is 13.2. The van der Waals surface area contributed by atoms with Crippen LogP contribution in [0.25, 0.3) is 0 Å². The van der Waals surface area contributed by atoms with Crippen molar-refractivity contribution in [3.63, 3.8) is 0 Å². The highest BCUT2D eigenvalue weighted by Crippen LogP contribution is 2.28. The van der Waals surface area contributed by atoms with Crippen molar-refractivity contribution < 1.29 is 0 Å². The van der Waals surface area contributed by atoms with Crippen molar-refractivity contribution in [2.45, 2.75) is 38.0 Å². The number of halogens is 2. The number of rotatable bonds is 3. The number of aryl methyl sites for hydroxylation is 1.